The molecule has 0 saturated carbocycles. The number of anilines is 1. The van der Waals surface area contributed by atoms with Crippen molar-refractivity contribution >= 4 is 41.3 Å². The van der Waals surface area contributed by atoms with Crippen LogP contribution in [0.3, 0.4) is 0 Å². The van der Waals surface area contributed by atoms with Gasteiger partial charge in [0.05, 0.1) is 11.2 Å². The van der Waals surface area contributed by atoms with Crippen molar-refractivity contribution in [2.24, 2.45) is 0 Å². The van der Waals surface area contributed by atoms with E-state index in [1.54, 1.807) is 6.92 Å². The van der Waals surface area contributed by atoms with Gasteiger partial charge in [0.15, 0.2) is 5.82 Å². The number of hydrogen-bond donors (Lipinski definition) is 1. The smallest absolute Gasteiger partial charge is 0.161 e. The first kappa shape index (κ1) is 21.2. The van der Waals surface area contributed by atoms with Crippen LogP contribution in [0.1, 0.15) is 18.1 Å². The molecule has 0 fully saturated rings. The van der Waals surface area contributed by atoms with E-state index in [9.17, 15) is 8.78 Å². The summed E-state index contributed by atoms with van der Waals surface area (Å²) in [5.41, 5.74) is 6.65. The Morgan fingerprint density at radius 1 is 1.03 bits per heavy atom. The Labute approximate surface area is 186 Å². The van der Waals surface area contributed by atoms with E-state index in [0.717, 1.165) is 28.0 Å². The predicted molar refractivity (Wildman–Crippen MR) is 130 cm³/mol. The first-order valence-electron chi connectivity index (χ1n) is 10.0. The second kappa shape index (κ2) is 8.62. The van der Waals surface area contributed by atoms with Gasteiger partial charge >= 0.3 is 0 Å². The van der Waals surface area contributed by atoms with Crippen LogP contribution in [0, 0.1) is 11.6 Å². The zero-order valence-electron chi connectivity index (χ0n) is 17.8. The molecule has 1 N–H and O–H groups in total. The fraction of sp³-hybridized carbons (Fsp3) is 0.0385. The summed E-state index contributed by atoms with van der Waals surface area (Å²) in [5, 5.41) is 3.94. The summed E-state index contributed by atoms with van der Waals surface area (Å²) < 4.78 is 28.7. The van der Waals surface area contributed by atoms with Crippen LogP contribution in [-0.2, 0) is 0 Å². The molecular formula is C26H20BF2N3. The van der Waals surface area contributed by atoms with Gasteiger partial charge in [-0.1, -0.05) is 55.0 Å². The van der Waals surface area contributed by atoms with Crippen LogP contribution in [-0.4, -0.2) is 17.8 Å². The molecule has 0 atom stereocenters. The molecule has 0 unspecified atom stereocenters. The van der Waals surface area contributed by atoms with Crippen molar-refractivity contribution in [2.75, 3.05) is 5.32 Å². The maximum absolute atomic E-state index is 14.6. The molecule has 1 aromatic heterocycles. The predicted octanol–water partition coefficient (Wildman–Crippen LogP) is 5.10. The first-order valence-corrected chi connectivity index (χ1v) is 10.0. The number of halogens is 2. The van der Waals surface area contributed by atoms with E-state index in [0.29, 0.717) is 22.9 Å². The number of aromatic nitrogens is 2. The zero-order chi connectivity index (χ0) is 22.8. The highest BCUT2D eigenvalue weighted by Crippen LogP contribution is 2.31. The zero-order valence-corrected chi connectivity index (χ0v) is 17.8. The van der Waals surface area contributed by atoms with Crippen LogP contribution < -0.4 is 10.8 Å². The van der Waals surface area contributed by atoms with Crippen molar-refractivity contribution in [1.29, 1.82) is 0 Å². The lowest BCUT2D eigenvalue weighted by molar-refractivity contribution is 0.580. The number of fused-ring (bicyclic) bond motifs is 1. The van der Waals surface area contributed by atoms with Gasteiger partial charge in [0, 0.05) is 28.1 Å². The lowest BCUT2D eigenvalue weighted by Gasteiger charge is -2.16. The molecule has 6 heteroatoms. The normalized spacial score (nSPS) is 10.6. The van der Waals surface area contributed by atoms with Crippen molar-refractivity contribution < 1.29 is 8.78 Å². The van der Waals surface area contributed by atoms with Gasteiger partial charge < -0.3 is 5.32 Å². The summed E-state index contributed by atoms with van der Waals surface area (Å²) in [6.07, 6.45) is 0. The average molecular weight is 423 g/mol. The lowest BCUT2D eigenvalue weighted by atomic mass is 9.90. The van der Waals surface area contributed by atoms with Crippen molar-refractivity contribution in [1.82, 2.24) is 9.97 Å². The average Bonchev–Trinajstić information content (AvgIpc) is 2.76. The Balaban J connectivity index is 1.90. The van der Waals surface area contributed by atoms with Gasteiger partial charge in [0.25, 0.3) is 0 Å². The number of nitrogens with one attached hydrogen (secondary N) is 1. The highest BCUT2D eigenvalue weighted by Gasteiger charge is 2.18. The molecule has 3 nitrogen and oxygen atoms in total. The molecule has 0 bridgehead atoms. The molecule has 4 aromatic rings. The quantitative estimate of drug-likeness (QED) is 0.358. The lowest BCUT2D eigenvalue weighted by Crippen LogP contribution is -2.10. The number of benzene rings is 3. The van der Waals surface area contributed by atoms with E-state index < -0.39 is 11.6 Å². The molecule has 156 valence electrons. The van der Waals surface area contributed by atoms with Crippen LogP contribution in [0.4, 0.5) is 14.6 Å². The summed E-state index contributed by atoms with van der Waals surface area (Å²) >= 11 is 0. The summed E-state index contributed by atoms with van der Waals surface area (Å²) in [6.45, 7) is 9.23. The fourth-order valence-corrected chi connectivity index (χ4v) is 3.65. The number of para-hydroxylation sites is 1. The summed E-state index contributed by atoms with van der Waals surface area (Å²) in [6, 6.07) is 17.4. The Kier molecular flexibility index (Phi) is 5.72. The Morgan fingerprint density at radius 3 is 2.47 bits per heavy atom. The third-order valence-electron chi connectivity index (χ3n) is 5.16. The minimum atomic E-state index is -0.704. The first-order chi connectivity index (χ1) is 15.4. The Bertz CT molecular complexity index is 1420. The molecule has 1 heterocycles. The number of rotatable bonds is 5. The van der Waals surface area contributed by atoms with Crippen LogP contribution in [0.5, 0.6) is 0 Å². The molecule has 0 saturated heterocycles. The van der Waals surface area contributed by atoms with Crippen molar-refractivity contribution in [3.8, 4) is 11.4 Å². The third-order valence-corrected chi connectivity index (χ3v) is 5.16. The maximum atomic E-state index is 14.6. The van der Waals surface area contributed by atoms with Crippen LogP contribution in [0.25, 0.3) is 33.6 Å². The minimum absolute atomic E-state index is 0.197. The molecule has 0 aliphatic carbocycles. The van der Waals surface area contributed by atoms with E-state index in [4.69, 9.17) is 9.97 Å². The van der Waals surface area contributed by atoms with Crippen molar-refractivity contribution in [3.63, 3.8) is 0 Å². The van der Waals surface area contributed by atoms with Gasteiger partial charge in [0.1, 0.15) is 25.3 Å². The highest BCUT2D eigenvalue weighted by atomic mass is 19.1. The Hall–Kier alpha value is -4.02. The number of allylic oxidation sites excluding steroid dienone is 1. The third kappa shape index (κ3) is 3.96. The molecule has 0 aliphatic rings. The second-order valence-corrected chi connectivity index (χ2v) is 7.50. The molecule has 3 aromatic carbocycles. The van der Waals surface area contributed by atoms with Crippen molar-refractivity contribution in [3.05, 3.63) is 102 Å². The van der Waals surface area contributed by atoms with Crippen LogP contribution in [0.15, 0.2) is 79.6 Å². The fourth-order valence-electron chi connectivity index (χ4n) is 3.65. The summed E-state index contributed by atoms with van der Waals surface area (Å²) in [7, 11) is 1.99. The number of nitrogens with zero attached hydrogens (tertiary/aromatic N) is 2. The number of hydrogen-bond acceptors (Lipinski definition) is 3. The van der Waals surface area contributed by atoms with E-state index in [2.05, 4.69) is 24.2 Å². The molecule has 0 radical (unpaired) electrons. The van der Waals surface area contributed by atoms with Gasteiger partial charge in [0.2, 0.25) is 0 Å². The molecule has 0 spiro atoms. The topological polar surface area (TPSA) is 37.8 Å². The van der Waals surface area contributed by atoms with Crippen LogP contribution >= 0.6 is 0 Å². The molecule has 0 aliphatic heterocycles. The van der Waals surface area contributed by atoms with E-state index in [1.165, 1.54) is 6.07 Å². The van der Waals surface area contributed by atoms with Gasteiger partial charge in [-0.25, -0.2) is 18.7 Å². The summed E-state index contributed by atoms with van der Waals surface area (Å²) in [4.78, 5) is 9.46. The van der Waals surface area contributed by atoms with Gasteiger partial charge in [-0.15, -0.1) is 5.73 Å². The maximum Gasteiger partial charge on any atom is 0.161 e. The Morgan fingerprint density at radius 2 is 1.75 bits per heavy atom. The van der Waals surface area contributed by atoms with Crippen molar-refractivity contribution in [2.45, 2.75) is 6.92 Å². The van der Waals surface area contributed by atoms with E-state index in [-0.39, 0.29) is 11.1 Å². The largest absolute Gasteiger partial charge is 0.333 e. The SMILES string of the molecule is Bc1ccccc1-c1nc(NC(=C=C)c2cc(F)cc(F)c2C(=C)C)c2ccccc2n1. The van der Waals surface area contributed by atoms with Gasteiger partial charge in [-0.2, -0.15) is 0 Å². The minimum Gasteiger partial charge on any atom is -0.333 e. The second-order valence-electron chi connectivity index (χ2n) is 7.50. The molecule has 32 heavy (non-hydrogen) atoms. The van der Waals surface area contributed by atoms with Crippen LogP contribution in [0.2, 0.25) is 0 Å². The van der Waals surface area contributed by atoms with Gasteiger partial charge in [-0.3, -0.25) is 0 Å². The van der Waals surface area contributed by atoms with E-state index >= 15 is 0 Å². The molecule has 0 amide bonds. The van der Waals surface area contributed by atoms with Gasteiger partial charge in [-0.05, 0) is 30.7 Å². The molecular weight excluding hydrogens is 403 g/mol. The standard InChI is InChI=1S/C26H20BF2N3/c1-4-22(19-13-16(28)14-21(29)24(19)15(2)3)30-26-18-10-6-8-12-23(18)31-25(32-26)17-9-5-7-11-20(17)27/h5-14H,1-2,27H2,3H3,(H,30,31,32). The van der Waals surface area contributed by atoms with E-state index in [1.807, 2.05) is 56.4 Å². The summed E-state index contributed by atoms with van der Waals surface area (Å²) in [5.74, 6) is -0.379. The molecule has 4 rings (SSSR count). The highest BCUT2D eigenvalue weighted by molar-refractivity contribution is 6.35. The monoisotopic (exact) mass is 423 g/mol.